The Labute approximate surface area is 116 Å². The maximum atomic E-state index is 6.27. The first kappa shape index (κ1) is 13.5. The van der Waals surface area contributed by atoms with Gasteiger partial charge in [-0.05, 0) is 27.3 Å². The summed E-state index contributed by atoms with van der Waals surface area (Å²) in [5, 5.41) is 9.46. The molecule has 18 heavy (non-hydrogen) atoms. The molecule has 0 aliphatic rings. The van der Waals surface area contributed by atoms with Crippen molar-refractivity contribution in [3.05, 3.63) is 32.5 Å². The average Bonchev–Trinajstić information content (AvgIpc) is 2.84. The summed E-state index contributed by atoms with van der Waals surface area (Å²) in [5.41, 5.74) is 2.09. The summed E-state index contributed by atoms with van der Waals surface area (Å²) in [6.07, 6.45) is 2.76. The van der Waals surface area contributed by atoms with Gasteiger partial charge < -0.3 is 5.32 Å². The second-order valence-electron chi connectivity index (χ2n) is 4.31. The van der Waals surface area contributed by atoms with E-state index < -0.39 is 0 Å². The molecule has 1 atom stereocenters. The zero-order valence-electron chi connectivity index (χ0n) is 11.0. The number of halogens is 1. The first-order chi connectivity index (χ1) is 8.52. The monoisotopic (exact) mass is 284 g/mol. The number of thiazole rings is 1. The minimum Gasteiger partial charge on any atom is -0.312 e. The highest BCUT2D eigenvalue weighted by molar-refractivity contribution is 7.11. The molecule has 4 nitrogen and oxygen atoms in total. The highest BCUT2D eigenvalue weighted by Gasteiger charge is 2.18. The van der Waals surface area contributed by atoms with Crippen LogP contribution < -0.4 is 5.32 Å². The molecule has 0 aromatic carbocycles. The number of likely N-dealkylation sites (N-methyl/N-ethyl adjacent to an activating group) is 1. The molecule has 98 valence electrons. The topological polar surface area (TPSA) is 42.7 Å². The Balaban J connectivity index is 2.25. The van der Waals surface area contributed by atoms with Crippen LogP contribution in [0.5, 0.6) is 0 Å². The minimum absolute atomic E-state index is 0.233. The van der Waals surface area contributed by atoms with E-state index in [9.17, 15) is 0 Å². The third kappa shape index (κ3) is 2.58. The summed E-state index contributed by atoms with van der Waals surface area (Å²) >= 11 is 7.98. The number of rotatable bonds is 4. The maximum Gasteiger partial charge on any atom is 0.130 e. The summed E-state index contributed by atoms with van der Waals surface area (Å²) in [7, 11) is 3.82. The molecule has 0 aliphatic heterocycles. The summed E-state index contributed by atoms with van der Waals surface area (Å²) in [6.45, 7) is 4.01. The first-order valence-corrected chi connectivity index (χ1v) is 7.00. The molecule has 0 spiro atoms. The summed E-state index contributed by atoms with van der Waals surface area (Å²) in [4.78, 5) is 5.53. The van der Waals surface area contributed by atoms with E-state index in [4.69, 9.17) is 11.6 Å². The molecular formula is C12H17ClN4S. The Morgan fingerprint density at radius 1 is 1.50 bits per heavy atom. The van der Waals surface area contributed by atoms with Crippen LogP contribution in [-0.4, -0.2) is 21.8 Å². The Kier molecular flexibility index (Phi) is 4.04. The lowest BCUT2D eigenvalue weighted by atomic mass is 10.1. The van der Waals surface area contributed by atoms with E-state index in [2.05, 4.69) is 15.4 Å². The number of hydrogen-bond donors (Lipinski definition) is 1. The van der Waals surface area contributed by atoms with Crippen LogP contribution >= 0.6 is 22.9 Å². The van der Waals surface area contributed by atoms with Gasteiger partial charge in [0, 0.05) is 29.7 Å². The number of aromatic nitrogens is 3. The molecule has 2 rings (SSSR count). The quantitative estimate of drug-likeness (QED) is 0.939. The lowest BCUT2D eigenvalue weighted by Crippen LogP contribution is -2.18. The van der Waals surface area contributed by atoms with Gasteiger partial charge in [-0.25, -0.2) is 4.98 Å². The molecule has 1 unspecified atom stereocenters. The Morgan fingerprint density at radius 2 is 2.22 bits per heavy atom. The lowest BCUT2D eigenvalue weighted by molar-refractivity contribution is 0.599. The van der Waals surface area contributed by atoms with E-state index in [0.717, 1.165) is 22.7 Å². The van der Waals surface area contributed by atoms with Crippen molar-refractivity contribution in [2.75, 3.05) is 7.05 Å². The van der Waals surface area contributed by atoms with Crippen molar-refractivity contribution in [2.24, 2.45) is 7.05 Å². The van der Waals surface area contributed by atoms with Gasteiger partial charge in [-0.15, -0.1) is 11.3 Å². The van der Waals surface area contributed by atoms with Gasteiger partial charge in [0.1, 0.15) is 5.15 Å². The van der Waals surface area contributed by atoms with Crippen molar-refractivity contribution in [2.45, 2.75) is 26.3 Å². The zero-order chi connectivity index (χ0) is 13.3. The minimum atomic E-state index is 0.233. The Hall–Kier alpha value is -0.910. The fraction of sp³-hybridized carbons (Fsp3) is 0.500. The van der Waals surface area contributed by atoms with Gasteiger partial charge in [0.25, 0.3) is 0 Å². The molecule has 0 saturated heterocycles. The van der Waals surface area contributed by atoms with Crippen molar-refractivity contribution < 1.29 is 0 Å². The summed E-state index contributed by atoms with van der Waals surface area (Å²) < 4.78 is 1.72. The largest absolute Gasteiger partial charge is 0.312 e. The molecular weight excluding hydrogens is 268 g/mol. The predicted molar refractivity (Wildman–Crippen MR) is 75.3 cm³/mol. The van der Waals surface area contributed by atoms with Gasteiger partial charge in [0.2, 0.25) is 0 Å². The second-order valence-corrected chi connectivity index (χ2v) is 5.93. The van der Waals surface area contributed by atoms with Crippen molar-refractivity contribution in [3.63, 3.8) is 0 Å². The van der Waals surface area contributed by atoms with Gasteiger partial charge >= 0.3 is 0 Å². The fourth-order valence-corrected chi connectivity index (χ4v) is 3.14. The third-order valence-corrected chi connectivity index (χ3v) is 4.51. The molecule has 0 bridgehead atoms. The van der Waals surface area contributed by atoms with Crippen LogP contribution in [0.15, 0.2) is 6.20 Å². The highest BCUT2D eigenvalue weighted by atomic mass is 35.5. The fourth-order valence-electron chi connectivity index (χ4n) is 1.99. The predicted octanol–water partition coefficient (Wildman–Crippen LogP) is 2.65. The normalized spacial score (nSPS) is 12.9. The first-order valence-electron chi connectivity index (χ1n) is 5.80. The van der Waals surface area contributed by atoms with Gasteiger partial charge in [0.05, 0.1) is 10.7 Å². The Morgan fingerprint density at radius 3 is 2.67 bits per heavy atom. The smallest absolute Gasteiger partial charge is 0.130 e. The molecule has 0 radical (unpaired) electrons. The van der Waals surface area contributed by atoms with Crippen LogP contribution in [0.1, 0.15) is 27.2 Å². The molecule has 1 N–H and O–H groups in total. The molecule has 0 saturated carbocycles. The van der Waals surface area contributed by atoms with Gasteiger partial charge in [-0.2, -0.15) is 5.10 Å². The number of aryl methyl sites for hydroxylation is 3. The van der Waals surface area contributed by atoms with Crippen molar-refractivity contribution in [1.82, 2.24) is 20.1 Å². The van der Waals surface area contributed by atoms with E-state index >= 15 is 0 Å². The molecule has 0 amide bonds. The number of nitrogens with one attached hydrogen (secondary N) is 1. The molecule has 2 aromatic heterocycles. The van der Waals surface area contributed by atoms with E-state index in [0.29, 0.717) is 5.15 Å². The number of hydrogen-bond acceptors (Lipinski definition) is 4. The van der Waals surface area contributed by atoms with Crippen LogP contribution in [-0.2, 0) is 13.5 Å². The standard InChI is InChI=1S/C12H17ClN4S/c1-7-9(12(13)17(4)16-7)5-10(14-3)11-6-15-8(2)18-11/h6,10,14H,5H2,1-4H3. The average molecular weight is 285 g/mol. The SMILES string of the molecule is CNC(Cc1c(C)nn(C)c1Cl)c1cnc(C)s1. The van der Waals surface area contributed by atoms with E-state index in [1.165, 1.54) is 4.88 Å². The second kappa shape index (κ2) is 5.38. The van der Waals surface area contributed by atoms with Crippen molar-refractivity contribution >= 4 is 22.9 Å². The van der Waals surface area contributed by atoms with Crippen LogP contribution in [0.3, 0.4) is 0 Å². The summed E-state index contributed by atoms with van der Waals surface area (Å²) in [6, 6.07) is 0.233. The van der Waals surface area contributed by atoms with E-state index in [-0.39, 0.29) is 6.04 Å². The molecule has 6 heteroatoms. The van der Waals surface area contributed by atoms with Crippen molar-refractivity contribution in [3.8, 4) is 0 Å². The van der Waals surface area contributed by atoms with Gasteiger partial charge in [0.15, 0.2) is 0 Å². The Bertz CT molecular complexity index is 546. The van der Waals surface area contributed by atoms with Crippen molar-refractivity contribution in [1.29, 1.82) is 0 Å². The molecule has 0 aliphatic carbocycles. The van der Waals surface area contributed by atoms with Crippen LogP contribution in [0, 0.1) is 13.8 Å². The van der Waals surface area contributed by atoms with Gasteiger partial charge in [-0.1, -0.05) is 11.6 Å². The van der Waals surface area contributed by atoms with E-state index in [1.807, 2.05) is 34.1 Å². The highest BCUT2D eigenvalue weighted by Crippen LogP contribution is 2.28. The third-order valence-electron chi connectivity index (χ3n) is 3.01. The lowest BCUT2D eigenvalue weighted by Gasteiger charge is -2.13. The molecule has 0 fully saturated rings. The van der Waals surface area contributed by atoms with Crippen LogP contribution in [0.2, 0.25) is 5.15 Å². The van der Waals surface area contributed by atoms with Crippen LogP contribution in [0.4, 0.5) is 0 Å². The molecule has 2 aromatic rings. The summed E-state index contributed by atoms with van der Waals surface area (Å²) in [5.74, 6) is 0. The maximum absolute atomic E-state index is 6.27. The van der Waals surface area contributed by atoms with Gasteiger partial charge in [-0.3, -0.25) is 4.68 Å². The zero-order valence-corrected chi connectivity index (χ0v) is 12.6. The van der Waals surface area contributed by atoms with E-state index in [1.54, 1.807) is 16.0 Å². The molecule has 2 heterocycles. The van der Waals surface area contributed by atoms with Crippen LogP contribution in [0.25, 0.3) is 0 Å². The number of nitrogens with zero attached hydrogens (tertiary/aromatic N) is 3.